The van der Waals surface area contributed by atoms with Crippen LogP contribution >= 0.6 is 0 Å². The minimum atomic E-state index is -0.984. The number of hydrogen-bond acceptors (Lipinski definition) is 3. The maximum absolute atomic E-state index is 13.6. The highest BCUT2D eigenvalue weighted by Crippen LogP contribution is 2.18. The van der Waals surface area contributed by atoms with Gasteiger partial charge in [-0.3, -0.25) is 4.79 Å². The van der Waals surface area contributed by atoms with Crippen molar-refractivity contribution in [1.82, 2.24) is 4.90 Å². The van der Waals surface area contributed by atoms with E-state index in [1.54, 1.807) is 36.2 Å². The Labute approximate surface area is 145 Å². The van der Waals surface area contributed by atoms with Crippen LogP contribution in [0, 0.1) is 5.82 Å². The molecule has 0 spiro atoms. The van der Waals surface area contributed by atoms with Gasteiger partial charge in [-0.05, 0) is 41.8 Å². The third kappa shape index (κ3) is 5.04. The molecule has 0 fully saturated rings. The highest BCUT2D eigenvalue weighted by atomic mass is 19.1. The van der Waals surface area contributed by atoms with Gasteiger partial charge in [0.1, 0.15) is 0 Å². The quantitative estimate of drug-likeness (QED) is 0.837. The lowest BCUT2D eigenvalue weighted by molar-refractivity contribution is -0.130. The fourth-order valence-electron chi connectivity index (χ4n) is 2.42. The lowest BCUT2D eigenvalue weighted by Gasteiger charge is -2.17. The van der Waals surface area contributed by atoms with E-state index in [4.69, 9.17) is 9.84 Å². The number of halogens is 1. The van der Waals surface area contributed by atoms with Crippen molar-refractivity contribution < 1.29 is 23.8 Å². The molecule has 2 aromatic rings. The zero-order valence-corrected chi connectivity index (χ0v) is 14.2. The second-order valence-corrected chi connectivity index (χ2v) is 5.72. The number of carbonyl (C=O) groups is 2. The molecule has 25 heavy (non-hydrogen) atoms. The van der Waals surface area contributed by atoms with Crippen molar-refractivity contribution in [3.63, 3.8) is 0 Å². The van der Waals surface area contributed by atoms with Crippen molar-refractivity contribution in [2.75, 3.05) is 14.2 Å². The van der Waals surface area contributed by atoms with Crippen LogP contribution in [0.3, 0.4) is 0 Å². The van der Waals surface area contributed by atoms with E-state index in [1.165, 1.54) is 25.3 Å². The van der Waals surface area contributed by atoms with Crippen LogP contribution in [0.25, 0.3) is 0 Å². The van der Waals surface area contributed by atoms with E-state index in [1.807, 2.05) is 0 Å². The van der Waals surface area contributed by atoms with Gasteiger partial charge in [-0.25, -0.2) is 9.18 Å². The molecule has 0 radical (unpaired) electrons. The van der Waals surface area contributed by atoms with E-state index in [2.05, 4.69) is 0 Å². The van der Waals surface area contributed by atoms with Crippen LogP contribution in [0.15, 0.2) is 42.5 Å². The van der Waals surface area contributed by atoms with E-state index in [-0.39, 0.29) is 23.6 Å². The third-order valence-corrected chi connectivity index (χ3v) is 3.89. The molecule has 5 nitrogen and oxygen atoms in total. The Balaban J connectivity index is 1.89. The minimum absolute atomic E-state index is 0.0708. The molecular weight excluding hydrogens is 325 g/mol. The fourth-order valence-corrected chi connectivity index (χ4v) is 2.42. The van der Waals surface area contributed by atoms with E-state index >= 15 is 0 Å². The number of ether oxygens (including phenoxy) is 1. The van der Waals surface area contributed by atoms with E-state index in [0.29, 0.717) is 13.0 Å². The summed E-state index contributed by atoms with van der Waals surface area (Å²) >= 11 is 0. The van der Waals surface area contributed by atoms with E-state index in [9.17, 15) is 14.0 Å². The fraction of sp³-hybridized carbons (Fsp3) is 0.263. The molecule has 1 amide bonds. The Morgan fingerprint density at radius 1 is 1.12 bits per heavy atom. The molecule has 0 saturated carbocycles. The molecule has 2 rings (SSSR count). The molecule has 6 heteroatoms. The molecule has 0 bridgehead atoms. The zero-order valence-electron chi connectivity index (χ0n) is 14.2. The first kappa shape index (κ1) is 18.4. The summed E-state index contributed by atoms with van der Waals surface area (Å²) in [5.74, 6) is -1.32. The first-order chi connectivity index (χ1) is 11.9. The summed E-state index contributed by atoms with van der Waals surface area (Å²) < 4.78 is 18.5. The van der Waals surface area contributed by atoms with Gasteiger partial charge in [-0.15, -0.1) is 0 Å². The molecular formula is C19H20FNO4. The van der Waals surface area contributed by atoms with Crippen LogP contribution in [0.1, 0.15) is 27.9 Å². The Morgan fingerprint density at radius 2 is 1.76 bits per heavy atom. The summed E-state index contributed by atoms with van der Waals surface area (Å²) in [5, 5.41) is 8.88. The number of carboxylic acids is 1. The number of rotatable bonds is 7. The zero-order chi connectivity index (χ0) is 18.4. The summed E-state index contributed by atoms with van der Waals surface area (Å²) in [6.07, 6.45) is 0.692. The lowest BCUT2D eigenvalue weighted by atomic mass is 10.1. The number of benzene rings is 2. The molecule has 0 saturated heterocycles. The van der Waals surface area contributed by atoms with Gasteiger partial charge in [-0.1, -0.05) is 18.2 Å². The number of aromatic carboxylic acids is 1. The first-order valence-corrected chi connectivity index (χ1v) is 7.79. The van der Waals surface area contributed by atoms with Gasteiger partial charge in [0.2, 0.25) is 5.91 Å². The van der Waals surface area contributed by atoms with E-state index in [0.717, 1.165) is 11.1 Å². The number of carbonyl (C=O) groups excluding carboxylic acids is 1. The third-order valence-electron chi connectivity index (χ3n) is 3.89. The second kappa shape index (κ2) is 8.28. The topological polar surface area (TPSA) is 66.8 Å². The SMILES string of the molecule is COc1ccc(CCC(=O)N(C)Cc2ccc(C(=O)O)cc2)cc1F. The number of amides is 1. The number of methoxy groups -OCH3 is 1. The number of carboxylic acid groups (broad SMARTS) is 1. The summed E-state index contributed by atoms with van der Waals surface area (Å²) in [5.41, 5.74) is 1.78. The van der Waals surface area contributed by atoms with Gasteiger partial charge in [0.05, 0.1) is 12.7 Å². The summed E-state index contributed by atoms with van der Waals surface area (Å²) in [4.78, 5) is 24.6. The van der Waals surface area contributed by atoms with Gasteiger partial charge in [0.25, 0.3) is 0 Å². The molecule has 0 aromatic heterocycles. The maximum Gasteiger partial charge on any atom is 0.335 e. The normalized spacial score (nSPS) is 10.4. The maximum atomic E-state index is 13.6. The van der Waals surface area contributed by atoms with Crippen LogP contribution in [0.2, 0.25) is 0 Å². The highest BCUT2D eigenvalue weighted by Gasteiger charge is 2.11. The Kier molecular flexibility index (Phi) is 6.11. The van der Waals surface area contributed by atoms with Crippen molar-refractivity contribution in [1.29, 1.82) is 0 Å². The lowest BCUT2D eigenvalue weighted by Crippen LogP contribution is -2.26. The molecule has 0 aliphatic rings. The van der Waals surface area contributed by atoms with Crippen LogP contribution in [0.4, 0.5) is 4.39 Å². The molecule has 2 aromatic carbocycles. The predicted molar refractivity (Wildman–Crippen MR) is 91.1 cm³/mol. The molecule has 132 valence electrons. The predicted octanol–water partition coefficient (Wildman–Crippen LogP) is 3.12. The average molecular weight is 345 g/mol. The number of aryl methyl sites for hydroxylation is 1. The standard InChI is InChI=1S/C19H20FNO4/c1-21(12-14-3-7-15(8-4-14)19(23)24)18(22)10-6-13-5-9-17(25-2)16(20)11-13/h3-5,7-9,11H,6,10,12H2,1-2H3,(H,23,24). The first-order valence-electron chi connectivity index (χ1n) is 7.79. The van der Waals surface area contributed by atoms with Crippen LogP contribution in [-0.4, -0.2) is 36.0 Å². The number of hydrogen-bond donors (Lipinski definition) is 1. The second-order valence-electron chi connectivity index (χ2n) is 5.72. The smallest absolute Gasteiger partial charge is 0.335 e. The van der Waals surface area contributed by atoms with E-state index < -0.39 is 11.8 Å². The van der Waals surface area contributed by atoms with Crippen molar-refractivity contribution in [3.05, 3.63) is 65.0 Å². The van der Waals surface area contributed by atoms with Crippen molar-refractivity contribution >= 4 is 11.9 Å². The summed E-state index contributed by atoms with van der Waals surface area (Å²) in [6, 6.07) is 11.0. The number of nitrogens with zero attached hydrogens (tertiary/aromatic N) is 1. The summed E-state index contributed by atoms with van der Waals surface area (Å²) in [6.45, 7) is 0.385. The highest BCUT2D eigenvalue weighted by molar-refractivity contribution is 5.87. The van der Waals surface area contributed by atoms with Gasteiger partial charge >= 0.3 is 5.97 Å². The van der Waals surface area contributed by atoms with Crippen LogP contribution < -0.4 is 4.74 Å². The largest absolute Gasteiger partial charge is 0.494 e. The average Bonchev–Trinajstić information content (AvgIpc) is 2.60. The van der Waals surface area contributed by atoms with Crippen LogP contribution in [0.5, 0.6) is 5.75 Å². The molecule has 1 N–H and O–H groups in total. The monoisotopic (exact) mass is 345 g/mol. The van der Waals surface area contributed by atoms with Gasteiger partial charge < -0.3 is 14.7 Å². The molecule has 0 aliphatic carbocycles. The van der Waals surface area contributed by atoms with Gasteiger partial charge in [-0.2, -0.15) is 0 Å². The molecule has 0 unspecified atom stereocenters. The van der Waals surface area contributed by atoms with Gasteiger partial charge in [0.15, 0.2) is 11.6 Å². The Morgan fingerprint density at radius 3 is 2.32 bits per heavy atom. The van der Waals surface area contributed by atoms with Crippen molar-refractivity contribution in [2.45, 2.75) is 19.4 Å². The molecule has 0 aliphatic heterocycles. The Hall–Kier alpha value is -2.89. The Bertz CT molecular complexity index is 759. The summed E-state index contributed by atoms with van der Waals surface area (Å²) in [7, 11) is 3.08. The minimum Gasteiger partial charge on any atom is -0.494 e. The van der Waals surface area contributed by atoms with Gasteiger partial charge in [0, 0.05) is 20.0 Å². The molecule has 0 heterocycles. The molecule has 0 atom stereocenters. The van der Waals surface area contributed by atoms with Crippen LogP contribution in [-0.2, 0) is 17.8 Å². The van der Waals surface area contributed by atoms with Crippen molar-refractivity contribution in [3.8, 4) is 5.75 Å². The van der Waals surface area contributed by atoms with Crippen molar-refractivity contribution in [2.24, 2.45) is 0 Å².